The molecule has 1 amide bonds. The number of amides is 1. The zero-order valence-corrected chi connectivity index (χ0v) is 21.4. The Bertz CT molecular complexity index is 1100. The zero-order valence-electron chi connectivity index (χ0n) is 19.1. The molecule has 0 atom stereocenters. The Labute approximate surface area is 210 Å². The van der Waals surface area contributed by atoms with Gasteiger partial charge in [-0.3, -0.25) is 4.79 Å². The predicted molar refractivity (Wildman–Crippen MR) is 140 cm³/mol. The maximum atomic E-state index is 13.7. The molecule has 0 saturated carbocycles. The van der Waals surface area contributed by atoms with Crippen molar-refractivity contribution in [2.75, 3.05) is 19.6 Å². The molecule has 176 valence electrons. The van der Waals surface area contributed by atoms with E-state index in [9.17, 15) is 9.18 Å². The van der Waals surface area contributed by atoms with Crippen LogP contribution in [0, 0.1) is 19.7 Å². The van der Waals surface area contributed by atoms with Crippen LogP contribution in [0.4, 0.5) is 4.39 Å². The first-order chi connectivity index (χ1) is 15.5. The monoisotopic (exact) mass is 564 g/mol. The summed E-state index contributed by atoms with van der Waals surface area (Å²) in [6.07, 6.45) is 0. The fourth-order valence-corrected chi connectivity index (χ4v) is 3.33. The highest BCUT2D eigenvalue weighted by atomic mass is 127. The molecule has 0 radical (unpaired) electrons. The van der Waals surface area contributed by atoms with Crippen molar-refractivity contribution in [1.29, 1.82) is 0 Å². The summed E-state index contributed by atoms with van der Waals surface area (Å²) < 4.78 is 15.6. The van der Waals surface area contributed by atoms with E-state index in [2.05, 4.69) is 26.0 Å². The molecule has 0 aliphatic heterocycles. The molecular formula is C24H30FIN6O. The predicted octanol–water partition coefficient (Wildman–Crippen LogP) is 3.73. The molecule has 0 aliphatic carbocycles. The van der Waals surface area contributed by atoms with Gasteiger partial charge in [-0.25, -0.2) is 14.1 Å². The van der Waals surface area contributed by atoms with E-state index in [4.69, 9.17) is 0 Å². The van der Waals surface area contributed by atoms with Gasteiger partial charge >= 0.3 is 0 Å². The number of carbonyl (C=O) groups excluding carboxylic acids is 1. The Balaban J connectivity index is 0.00000385. The highest BCUT2D eigenvalue weighted by Gasteiger charge is 2.10. The van der Waals surface area contributed by atoms with Crippen molar-refractivity contribution in [3.05, 3.63) is 82.9 Å². The van der Waals surface area contributed by atoms with Gasteiger partial charge in [0.2, 0.25) is 0 Å². The van der Waals surface area contributed by atoms with Gasteiger partial charge in [-0.1, -0.05) is 30.3 Å². The van der Waals surface area contributed by atoms with Gasteiger partial charge in [0.05, 0.1) is 23.5 Å². The normalized spacial score (nSPS) is 11.0. The van der Waals surface area contributed by atoms with Crippen LogP contribution in [0.3, 0.4) is 0 Å². The van der Waals surface area contributed by atoms with Crippen molar-refractivity contribution < 1.29 is 9.18 Å². The lowest BCUT2D eigenvalue weighted by atomic mass is 10.2. The maximum Gasteiger partial charge on any atom is 0.254 e. The van der Waals surface area contributed by atoms with Crippen LogP contribution in [0.25, 0.3) is 5.69 Å². The second-order valence-electron chi connectivity index (χ2n) is 7.33. The molecule has 9 heteroatoms. The van der Waals surface area contributed by atoms with Gasteiger partial charge in [-0.05, 0) is 50.6 Å². The highest BCUT2D eigenvalue weighted by Crippen LogP contribution is 2.17. The van der Waals surface area contributed by atoms with Crippen LogP contribution in [0.5, 0.6) is 0 Å². The summed E-state index contributed by atoms with van der Waals surface area (Å²) in [5.41, 5.74) is 4.11. The standard InChI is InChI=1S/C24H29FN6O.HI/c1-4-26-24(28-14-13-27-23(32)20-10-6-7-11-21(20)25)29-16-19-9-5-8-12-22(19)31-18(3)15-17(2)30-31;/h5-12,15H,4,13-14,16H2,1-3H3,(H,27,32)(H2,26,28,29);1H. The molecule has 0 unspecified atom stereocenters. The molecule has 3 rings (SSSR count). The number of nitrogens with zero attached hydrogens (tertiary/aromatic N) is 3. The van der Waals surface area contributed by atoms with Gasteiger partial charge in [-0.15, -0.1) is 24.0 Å². The molecule has 0 fully saturated rings. The lowest BCUT2D eigenvalue weighted by Gasteiger charge is -2.13. The zero-order chi connectivity index (χ0) is 22.9. The fraction of sp³-hybridized carbons (Fsp3) is 0.292. The van der Waals surface area contributed by atoms with Crippen LogP contribution in [-0.4, -0.2) is 41.3 Å². The minimum Gasteiger partial charge on any atom is -0.357 e. The number of aliphatic imine (C=N–C) groups is 1. The number of aryl methyl sites for hydroxylation is 2. The number of hydrogen-bond acceptors (Lipinski definition) is 3. The minimum absolute atomic E-state index is 0. The number of nitrogens with one attached hydrogen (secondary N) is 3. The third-order valence-electron chi connectivity index (χ3n) is 4.80. The number of benzene rings is 2. The Hall–Kier alpha value is -2.95. The third kappa shape index (κ3) is 7.28. The molecule has 0 saturated heterocycles. The van der Waals surface area contributed by atoms with Gasteiger partial charge in [0.25, 0.3) is 5.91 Å². The summed E-state index contributed by atoms with van der Waals surface area (Å²) in [6.45, 7) is 7.94. The molecule has 0 spiro atoms. The van der Waals surface area contributed by atoms with E-state index in [1.807, 2.05) is 55.8 Å². The van der Waals surface area contributed by atoms with Crippen molar-refractivity contribution >= 4 is 35.8 Å². The van der Waals surface area contributed by atoms with Crippen molar-refractivity contribution in [3.8, 4) is 5.69 Å². The summed E-state index contributed by atoms with van der Waals surface area (Å²) in [4.78, 5) is 16.8. The molecule has 3 N–H and O–H groups in total. The van der Waals surface area contributed by atoms with E-state index in [0.717, 1.165) is 22.6 Å². The summed E-state index contributed by atoms with van der Waals surface area (Å²) in [7, 11) is 0. The molecule has 0 bridgehead atoms. The minimum atomic E-state index is -0.533. The van der Waals surface area contributed by atoms with E-state index in [1.54, 1.807) is 12.1 Å². The maximum absolute atomic E-state index is 13.7. The van der Waals surface area contributed by atoms with Crippen LogP contribution in [0.1, 0.15) is 34.2 Å². The number of aromatic nitrogens is 2. The quantitative estimate of drug-likeness (QED) is 0.169. The smallest absolute Gasteiger partial charge is 0.254 e. The van der Waals surface area contributed by atoms with E-state index >= 15 is 0 Å². The summed E-state index contributed by atoms with van der Waals surface area (Å²) in [6, 6.07) is 16.0. The van der Waals surface area contributed by atoms with Crippen LogP contribution in [-0.2, 0) is 6.54 Å². The molecule has 0 aliphatic rings. The fourth-order valence-electron chi connectivity index (χ4n) is 3.33. The lowest BCUT2D eigenvalue weighted by molar-refractivity contribution is 0.0950. The van der Waals surface area contributed by atoms with Crippen LogP contribution >= 0.6 is 24.0 Å². The number of para-hydroxylation sites is 1. The van der Waals surface area contributed by atoms with E-state index in [-0.39, 0.29) is 29.5 Å². The Kier molecular flexibility index (Phi) is 10.3. The topological polar surface area (TPSA) is 83.3 Å². The Morgan fingerprint density at radius 1 is 1.03 bits per heavy atom. The Morgan fingerprint density at radius 2 is 1.73 bits per heavy atom. The summed E-state index contributed by atoms with van der Waals surface area (Å²) in [5, 5.41) is 13.7. The number of rotatable bonds is 8. The van der Waals surface area contributed by atoms with Crippen molar-refractivity contribution in [2.45, 2.75) is 27.3 Å². The number of carbonyl (C=O) groups is 1. The first kappa shape index (κ1) is 26.3. The first-order valence-corrected chi connectivity index (χ1v) is 10.7. The Morgan fingerprint density at radius 3 is 2.42 bits per heavy atom. The molecule has 7 nitrogen and oxygen atoms in total. The average molecular weight is 564 g/mol. The highest BCUT2D eigenvalue weighted by molar-refractivity contribution is 14.0. The molecule has 1 aromatic heterocycles. The number of hydrogen-bond donors (Lipinski definition) is 3. The molecule has 33 heavy (non-hydrogen) atoms. The van der Waals surface area contributed by atoms with Crippen LogP contribution in [0.15, 0.2) is 59.6 Å². The van der Waals surface area contributed by atoms with Gasteiger partial charge in [0.1, 0.15) is 5.82 Å². The van der Waals surface area contributed by atoms with Gasteiger partial charge in [0.15, 0.2) is 5.96 Å². The average Bonchev–Trinajstić information content (AvgIpc) is 3.13. The third-order valence-corrected chi connectivity index (χ3v) is 4.80. The molecule has 1 heterocycles. The number of halogens is 2. The van der Waals surface area contributed by atoms with Crippen molar-refractivity contribution in [3.63, 3.8) is 0 Å². The molecule has 2 aromatic carbocycles. The van der Waals surface area contributed by atoms with Crippen LogP contribution < -0.4 is 16.0 Å². The largest absolute Gasteiger partial charge is 0.357 e. The SMILES string of the molecule is CCNC(=NCc1ccccc1-n1nc(C)cc1C)NCCNC(=O)c1ccccc1F.I. The van der Waals surface area contributed by atoms with E-state index in [0.29, 0.717) is 32.1 Å². The van der Waals surface area contributed by atoms with E-state index in [1.165, 1.54) is 12.1 Å². The van der Waals surface area contributed by atoms with Gasteiger partial charge in [0, 0.05) is 25.3 Å². The van der Waals surface area contributed by atoms with Crippen molar-refractivity contribution in [1.82, 2.24) is 25.7 Å². The summed E-state index contributed by atoms with van der Waals surface area (Å²) in [5.74, 6) is -0.337. The first-order valence-electron chi connectivity index (χ1n) is 10.7. The molecular weight excluding hydrogens is 534 g/mol. The van der Waals surface area contributed by atoms with E-state index < -0.39 is 11.7 Å². The lowest BCUT2D eigenvalue weighted by Crippen LogP contribution is -2.41. The second-order valence-corrected chi connectivity index (χ2v) is 7.33. The van der Waals surface area contributed by atoms with Gasteiger partial charge in [-0.2, -0.15) is 5.10 Å². The molecule has 3 aromatic rings. The summed E-state index contributed by atoms with van der Waals surface area (Å²) >= 11 is 0. The van der Waals surface area contributed by atoms with Crippen molar-refractivity contribution in [2.24, 2.45) is 4.99 Å². The second kappa shape index (κ2) is 12.9. The van der Waals surface area contributed by atoms with Crippen LogP contribution in [0.2, 0.25) is 0 Å². The number of guanidine groups is 1. The van der Waals surface area contributed by atoms with Gasteiger partial charge < -0.3 is 16.0 Å².